The first-order valence-electron chi connectivity index (χ1n) is 11.3. The van der Waals surface area contributed by atoms with Crippen LogP contribution in [0.4, 0.5) is 5.69 Å². The highest BCUT2D eigenvalue weighted by Crippen LogP contribution is 2.42. The molecular formula is C27H20N4O5S. The van der Waals surface area contributed by atoms with E-state index in [1.165, 1.54) is 40.5 Å². The first-order chi connectivity index (χ1) is 17.8. The molecule has 2 aromatic carbocycles. The first-order valence-corrected chi connectivity index (χ1v) is 12.1. The van der Waals surface area contributed by atoms with Crippen LogP contribution in [0.2, 0.25) is 0 Å². The van der Waals surface area contributed by atoms with Crippen LogP contribution in [0.1, 0.15) is 32.5 Å². The van der Waals surface area contributed by atoms with Crippen LogP contribution >= 0.6 is 11.3 Å². The van der Waals surface area contributed by atoms with Crippen molar-refractivity contribution in [3.8, 4) is 10.6 Å². The predicted molar refractivity (Wildman–Crippen MR) is 137 cm³/mol. The lowest BCUT2D eigenvalue weighted by Gasteiger charge is -2.26. The Bertz CT molecular complexity index is 1530. The number of aryl methyl sites for hydroxylation is 1. The van der Waals surface area contributed by atoms with Crippen LogP contribution in [0.25, 0.3) is 10.6 Å². The molecule has 0 saturated heterocycles. The minimum Gasteiger partial charge on any atom is -0.503 e. The summed E-state index contributed by atoms with van der Waals surface area (Å²) < 4.78 is 0. The monoisotopic (exact) mass is 512 g/mol. The lowest BCUT2D eigenvalue weighted by atomic mass is 9.94. The van der Waals surface area contributed by atoms with Crippen LogP contribution < -0.4 is 0 Å². The molecule has 0 saturated carbocycles. The van der Waals surface area contributed by atoms with Crippen LogP contribution in [-0.2, 0) is 11.3 Å². The second-order valence-electron chi connectivity index (χ2n) is 8.44. The van der Waals surface area contributed by atoms with E-state index in [1.54, 1.807) is 31.5 Å². The SMILES string of the molecule is Cc1nc(-c2ccccc2)sc1C(=O)C1=C(O)C(=O)N(Cc2cccnc2)C1c1ccc([N+](=O)[O-])cc1. The largest absolute Gasteiger partial charge is 0.503 e. The van der Waals surface area contributed by atoms with E-state index in [0.29, 0.717) is 26.7 Å². The summed E-state index contributed by atoms with van der Waals surface area (Å²) in [5.74, 6) is -1.87. The Morgan fingerprint density at radius 1 is 1.11 bits per heavy atom. The van der Waals surface area contributed by atoms with Gasteiger partial charge in [-0.25, -0.2) is 4.98 Å². The number of nitrogens with zero attached hydrogens (tertiary/aromatic N) is 4. The quantitative estimate of drug-likeness (QED) is 0.205. The van der Waals surface area contributed by atoms with Crippen LogP contribution in [0.5, 0.6) is 0 Å². The van der Waals surface area contributed by atoms with Crippen molar-refractivity contribution in [2.75, 3.05) is 0 Å². The highest BCUT2D eigenvalue weighted by atomic mass is 32.1. The molecule has 1 amide bonds. The number of aliphatic hydroxyl groups excluding tert-OH is 1. The number of Topliss-reactive ketones (excluding diaryl/α,β-unsaturated/α-hetero) is 1. The molecule has 1 atom stereocenters. The van der Waals surface area contributed by atoms with Crippen molar-refractivity contribution in [3.05, 3.63) is 122 Å². The third-order valence-corrected chi connectivity index (χ3v) is 7.27. The molecule has 1 aliphatic heterocycles. The third-order valence-electron chi connectivity index (χ3n) is 6.07. The second kappa shape index (κ2) is 9.75. The van der Waals surface area contributed by atoms with Crippen molar-refractivity contribution in [1.82, 2.24) is 14.9 Å². The van der Waals surface area contributed by atoms with Crippen molar-refractivity contribution in [1.29, 1.82) is 0 Å². The van der Waals surface area contributed by atoms with E-state index in [9.17, 15) is 24.8 Å². The van der Waals surface area contributed by atoms with Gasteiger partial charge in [-0.3, -0.25) is 24.7 Å². The molecule has 1 N–H and O–H groups in total. The van der Waals surface area contributed by atoms with Gasteiger partial charge in [-0.15, -0.1) is 11.3 Å². The minimum atomic E-state index is -0.956. The molecule has 0 radical (unpaired) electrons. The van der Waals surface area contributed by atoms with Gasteiger partial charge >= 0.3 is 0 Å². The van der Waals surface area contributed by atoms with Crippen molar-refractivity contribution in [2.45, 2.75) is 19.5 Å². The van der Waals surface area contributed by atoms with Gasteiger partial charge in [-0.2, -0.15) is 0 Å². The molecule has 9 nitrogen and oxygen atoms in total. The van der Waals surface area contributed by atoms with Gasteiger partial charge in [0.1, 0.15) is 5.01 Å². The summed E-state index contributed by atoms with van der Waals surface area (Å²) in [6.07, 6.45) is 3.20. The smallest absolute Gasteiger partial charge is 0.290 e. The zero-order valence-corrected chi connectivity index (χ0v) is 20.4. The number of hydrogen-bond donors (Lipinski definition) is 1. The van der Waals surface area contributed by atoms with Crippen molar-refractivity contribution in [2.24, 2.45) is 0 Å². The molecule has 5 rings (SSSR count). The molecule has 1 unspecified atom stereocenters. The molecule has 184 valence electrons. The normalized spacial score (nSPS) is 15.3. The highest BCUT2D eigenvalue weighted by Gasteiger charge is 2.44. The number of aromatic nitrogens is 2. The molecule has 37 heavy (non-hydrogen) atoms. The number of benzene rings is 2. The maximum atomic E-state index is 13.9. The van der Waals surface area contributed by atoms with E-state index in [1.807, 2.05) is 30.3 Å². The molecule has 4 aromatic rings. The number of amides is 1. The van der Waals surface area contributed by atoms with E-state index < -0.39 is 28.4 Å². The fourth-order valence-corrected chi connectivity index (χ4v) is 5.32. The van der Waals surface area contributed by atoms with Crippen LogP contribution in [0.3, 0.4) is 0 Å². The summed E-state index contributed by atoms with van der Waals surface area (Å²) in [7, 11) is 0. The lowest BCUT2D eigenvalue weighted by molar-refractivity contribution is -0.384. The Morgan fingerprint density at radius 2 is 1.84 bits per heavy atom. The number of carbonyl (C=O) groups is 2. The zero-order valence-electron chi connectivity index (χ0n) is 19.6. The first kappa shape index (κ1) is 24.0. The number of rotatable bonds is 7. The minimum absolute atomic E-state index is 0.0755. The van der Waals surface area contributed by atoms with Crippen LogP contribution in [0.15, 0.2) is 90.5 Å². The Balaban J connectivity index is 1.58. The zero-order chi connectivity index (χ0) is 26.1. The van der Waals surface area contributed by atoms with Gasteiger partial charge in [0, 0.05) is 36.6 Å². The predicted octanol–water partition coefficient (Wildman–Crippen LogP) is 5.20. The molecule has 2 aromatic heterocycles. The Morgan fingerprint density at radius 3 is 2.49 bits per heavy atom. The second-order valence-corrected chi connectivity index (χ2v) is 9.44. The standard InChI is InChI=1S/C27H20N4O5S/c1-16-25(37-26(29-16)19-7-3-2-4-8-19)23(32)21-22(18-9-11-20(12-10-18)31(35)36)30(27(34)24(21)33)15-17-6-5-13-28-14-17/h2-14,22,33H,15H2,1H3. The number of nitro groups is 1. The number of ketones is 1. The molecule has 0 bridgehead atoms. The van der Waals surface area contributed by atoms with E-state index in [-0.39, 0.29) is 17.8 Å². The lowest BCUT2D eigenvalue weighted by Crippen LogP contribution is -2.30. The van der Waals surface area contributed by atoms with E-state index >= 15 is 0 Å². The number of carbonyl (C=O) groups excluding carboxylic acids is 2. The van der Waals surface area contributed by atoms with Gasteiger partial charge in [-0.05, 0) is 36.2 Å². The fraction of sp³-hybridized carbons (Fsp3) is 0.111. The fourth-order valence-electron chi connectivity index (χ4n) is 4.30. The van der Waals surface area contributed by atoms with Gasteiger partial charge in [0.05, 0.1) is 27.1 Å². The van der Waals surface area contributed by atoms with Gasteiger partial charge in [0.25, 0.3) is 11.6 Å². The van der Waals surface area contributed by atoms with Crippen molar-refractivity contribution < 1.29 is 19.6 Å². The van der Waals surface area contributed by atoms with E-state index in [4.69, 9.17) is 0 Å². The Labute approximate surface area is 215 Å². The van der Waals surface area contributed by atoms with Gasteiger partial charge in [-0.1, -0.05) is 36.4 Å². The summed E-state index contributed by atoms with van der Waals surface area (Å²) in [5, 5.41) is 22.8. The number of nitro benzene ring substituents is 1. The maximum Gasteiger partial charge on any atom is 0.290 e. The summed E-state index contributed by atoms with van der Waals surface area (Å²) >= 11 is 1.18. The maximum absolute atomic E-state index is 13.9. The number of thiazole rings is 1. The summed E-state index contributed by atoms with van der Waals surface area (Å²) in [6.45, 7) is 1.78. The van der Waals surface area contributed by atoms with E-state index in [0.717, 1.165) is 5.56 Å². The van der Waals surface area contributed by atoms with Crippen molar-refractivity contribution >= 4 is 28.7 Å². The molecule has 0 aliphatic carbocycles. The average Bonchev–Trinajstić information content (AvgIpc) is 3.42. The van der Waals surface area contributed by atoms with Gasteiger partial charge in [0.2, 0.25) is 5.78 Å². The van der Waals surface area contributed by atoms with E-state index in [2.05, 4.69) is 9.97 Å². The van der Waals surface area contributed by atoms with Crippen LogP contribution in [0, 0.1) is 17.0 Å². The molecular weight excluding hydrogens is 492 g/mol. The third kappa shape index (κ3) is 4.50. The molecule has 1 aliphatic rings. The summed E-state index contributed by atoms with van der Waals surface area (Å²) in [6, 6.07) is 17.6. The Kier molecular flexibility index (Phi) is 6.33. The molecule has 3 heterocycles. The highest BCUT2D eigenvalue weighted by molar-refractivity contribution is 7.17. The molecule has 0 fully saturated rings. The Hall–Kier alpha value is -4.70. The van der Waals surface area contributed by atoms with Crippen LogP contribution in [-0.4, -0.2) is 36.6 Å². The molecule has 0 spiro atoms. The van der Waals surface area contributed by atoms with Crippen molar-refractivity contribution in [3.63, 3.8) is 0 Å². The topological polar surface area (TPSA) is 127 Å². The van der Waals surface area contributed by atoms with Gasteiger partial charge in [0.15, 0.2) is 5.76 Å². The molecule has 10 heteroatoms. The number of non-ortho nitro benzene ring substituents is 1. The van der Waals surface area contributed by atoms with Gasteiger partial charge < -0.3 is 10.0 Å². The summed E-state index contributed by atoms with van der Waals surface area (Å²) in [5.41, 5.74) is 2.27. The summed E-state index contributed by atoms with van der Waals surface area (Å²) in [4.78, 5) is 48.1. The number of hydrogen-bond acceptors (Lipinski definition) is 8. The number of pyridine rings is 1. The number of aliphatic hydroxyl groups is 1. The average molecular weight is 513 g/mol.